The number of aromatic nitrogens is 5. The summed E-state index contributed by atoms with van der Waals surface area (Å²) in [5, 5.41) is 10.1. The number of fused-ring (bicyclic) bond motifs is 1. The average molecular weight is 648 g/mol. The van der Waals surface area contributed by atoms with E-state index in [1.165, 1.54) is 31.5 Å². The number of nitrogens with one attached hydrogen (secondary N) is 1. The molecule has 1 saturated heterocycles. The van der Waals surface area contributed by atoms with E-state index in [4.69, 9.17) is 11.6 Å². The molecule has 1 N–H and O–H groups in total. The van der Waals surface area contributed by atoms with Crippen molar-refractivity contribution in [1.82, 2.24) is 29.0 Å². The molecule has 0 aliphatic carbocycles. The van der Waals surface area contributed by atoms with E-state index < -0.39 is 29.2 Å². The first kappa shape index (κ1) is 28.4. The molecular weight excluding hydrogens is 623 g/mol. The van der Waals surface area contributed by atoms with Gasteiger partial charge in [-0.2, -0.15) is 18.2 Å². The van der Waals surface area contributed by atoms with Crippen LogP contribution in [-0.4, -0.2) is 54.7 Å². The van der Waals surface area contributed by atoms with Crippen LogP contribution in [0.1, 0.15) is 25.5 Å². The Labute approximate surface area is 255 Å². The summed E-state index contributed by atoms with van der Waals surface area (Å²) in [6.45, 7) is 4.93. The number of piperazine rings is 1. The Morgan fingerprint density at radius 1 is 1.09 bits per heavy atom. The Morgan fingerprint density at radius 2 is 1.86 bits per heavy atom. The van der Waals surface area contributed by atoms with Crippen LogP contribution >= 0.6 is 34.7 Å². The fourth-order valence-corrected chi connectivity index (χ4v) is 8.66. The molecule has 0 bridgehead atoms. The smallest absolute Gasteiger partial charge is 0.353 e. The number of thiophene rings is 1. The first-order chi connectivity index (χ1) is 20.5. The Morgan fingerprint density at radius 3 is 2.53 bits per heavy atom. The second kappa shape index (κ2) is 10.4. The summed E-state index contributed by atoms with van der Waals surface area (Å²) in [5.74, 6) is 0.424. The highest BCUT2D eigenvalue weighted by Crippen LogP contribution is 2.50. The Kier molecular flexibility index (Phi) is 6.87. The topological polar surface area (TPSA) is 89.5 Å². The van der Waals surface area contributed by atoms with E-state index in [9.17, 15) is 22.8 Å². The second-order valence-corrected chi connectivity index (χ2v) is 13.4. The summed E-state index contributed by atoms with van der Waals surface area (Å²) in [5.41, 5.74) is -1.05. The summed E-state index contributed by atoms with van der Waals surface area (Å²) in [6.07, 6.45) is -3.10. The number of benzene rings is 1. The third-order valence-electron chi connectivity index (χ3n) is 7.78. The van der Waals surface area contributed by atoms with E-state index >= 15 is 0 Å². The molecule has 0 unspecified atom stereocenters. The van der Waals surface area contributed by atoms with E-state index in [2.05, 4.69) is 15.4 Å². The number of halogens is 4. The van der Waals surface area contributed by atoms with Crippen LogP contribution in [0.15, 0.2) is 56.4 Å². The van der Waals surface area contributed by atoms with E-state index in [1.807, 2.05) is 18.7 Å². The fourth-order valence-electron chi connectivity index (χ4n) is 6.13. The minimum atomic E-state index is -4.70. The molecule has 15 heteroatoms. The molecule has 6 heterocycles. The zero-order valence-corrected chi connectivity index (χ0v) is 25.3. The zero-order chi connectivity index (χ0) is 30.2. The van der Waals surface area contributed by atoms with E-state index in [0.29, 0.717) is 39.0 Å². The van der Waals surface area contributed by atoms with Crippen LogP contribution in [0.4, 0.5) is 19.0 Å². The highest BCUT2D eigenvalue weighted by atomic mass is 35.5. The minimum absolute atomic E-state index is 0.0107. The van der Waals surface area contributed by atoms with Gasteiger partial charge in [0.15, 0.2) is 5.65 Å². The molecule has 43 heavy (non-hydrogen) atoms. The maximum atomic E-state index is 14.9. The summed E-state index contributed by atoms with van der Waals surface area (Å²) in [6, 6.07) is 7.24. The van der Waals surface area contributed by atoms with Crippen LogP contribution in [-0.2, 0) is 12.7 Å². The first-order valence-corrected chi connectivity index (χ1v) is 15.9. The van der Waals surface area contributed by atoms with Crippen LogP contribution in [0.5, 0.6) is 0 Å². The zero-order valence-electron chi connectivity index (χ0n) is 22.9. The van der Waals surface area contributed by atoms with Gasteiger partial charge in [0.2, 0.25) is 0 Å². The van der Waals surface area contributed by atoms with E-state index in [1.54, 1.807) is 29.8 Å². The predicted octanol–water partition coefficient (Wildman–Crippen LogP) is 5.14. The van der Waals surface area contributed by atoms with Crippen LogP contribution in [0.2, 0.25) is 5.02 Å². The normalized spacial score (nSPS) is 21.1. The van der Waals surface area contributed by atoms with Gasteiger partial charge < -0.3 is 10.2 Å². The van der Waals surface area contributed by atoms with Gasteiger partial charge in [-0.3, -0.25) is 8.97 Å². The highest BCUT2D eigenvalue weighted by Gasteiger charge is 2.39. The van der Waals surface area contributed by atoms with Crippen molar-refractivity contribution < 1.29 is 13.2 Å². The standard InChI is InChI=1S/C28H25ClF3N7O2S2/c1-14-9-36(10-15(2)33-14)25-18-8-19(28(30,31)32)22(20-7-16(29)12-42-20)24-23(18)38(26(40)34-25)11-17(13-43-24)39-27(41)37-6-4-3-5-21(37)35-39/h3-8,12,14-15,17,33H,9-11,13H2,1-2H3/t14-,15+,17-/m0/s1. The molecule has 2 aliphatic heterocycles. The molecule has 2 aliphatic rings. The van der Waals surface area contributed by atoms with Crippen molar-refractivity contribution in [2.75, 3.05) is 23.7 Å². The van der Waals surface area contributed by atoms with Gasteiger partial charge in [0.25, 0.3) is 0 Å². The summed E-state index contributed by atoms with van der Waals surface area (Å²) < 4.78 is 48.8. The Bertz CT molecular complexity index is 2010. The molecular formula is C28H25ClF3N7O2S2. The number of anilines is 1. The lowest BCUT2D eigenvalue weighted by molar-refractivity contribution is -0.137. The predicted molar refractivity (Wildman–Crippen MR) is 163 cm³/mol. The molecule has 1 aromatic carbocycles. The first-order valence-electron chi connectivity index (χ1n) is 13.6. The molecule has 5 aromatic rings. The quantitative estimate of drug-likeness (QED) is 0.290. The average Bonchev–Trinajstić information content (AvgIpc) is 3.46. The molecule has 9 nitrogen and oxygen atoms in total. The minimum Gasteiger partial charge on any atom is -0.353 e. The summed E-state index contributed by atoms with van der Waals surface area (Å²) in [7, 11) is 0. The number of hydrogen-bond donors (Lipinski definition) is 1. The van der Waals surface area contributed by atoms with Crippen molar-refractivity contribution in [1.29, 1.82) is 0 Å². The SMILES string of the molecule is C[C@@H]1CN(c2nc(=O)n3c4c(c(-c5cc(Cl)cs5)c(C(F)(F)F)cc24)SC[C@@H](n2nc4ccccn4c2=O)C3)C[C@H](C)N1. The molecule has 224 valence electrons. The lowest BCUT2D eigenvalue weighted by Gasteiger charge is -2.37. The number of rotatable bonds is 3. The van der Waals surface area contributed by atoms with Gasteiger partial charge in [-0.1, -0.05) is 17.7 Å². The number of alkyl halides is 3. The van der Waals surface area contributed by atoms with Gasteiger partial charge in [0, 0.05) is 63.2 Å². The van der Waals surface area contributed by atoms with Crippen molar-refractivity contribution in [3.63, 3.8) is 0 Å². The summed E-state index contributed by atoms with van der Waals surface area (Å²) in [4.78, 5) is 34.1. The molecule has 0 amide bonds. The molecule has 4 aromatic heterocycles. The van der Waals surface area contributed by atoms with Gasteiger partial charge >= 0.3 is 17.6 Å². The number of thioether (sulfide) groups is 1. The van der Waals surface area contributed by atoms with Crippen molar-refractivity contribution in [2.24, 2.45) is 0 Å². The van der Waals surface area contributed by atoms with Gasteiger partial charge in [-0.05, 0) is 38.1 Å². The Hall–Kier alpha value is -3.33. The number of hydrogen-bond acceptors (Lipinski definition) is 8. The van der Waals surface area contributed by atoms with Crippen molar-refractivity contribution >= 4 is 57.1 Å². The number of pyridine rings is 1. The van der Waals surface area contributed by atoms with Crippen molar-refractivity contribution in [2.45, 2.75) is 49.6 Å². The largest absolute Gasteiger partial charge is 0.417 e. The third kappa shape index (κ3) is 4.84. The summed E-state index contributed by atoms with van der Waals surface area (Å²) >= 11 is 8.50. The fraction of sp³-hybridized carbons (Fsp3) is 0.357. The molecule has 7 rings (SSSR count). The molecule has 1 fully saturated rings. The lowest BCUT2D eigenvalue weighted by Crippen LogP contribution is -2.55. The maximum Gasteiger partial charge on any atom is 0.417 e. The van der Waals surface area contributed by atoms with Gasteiger partial charge in [-0.25, -0.2) is 14.3 Å². The van der Waals surface area contributed by atoms with Crippen LogP contribution in [0.3, 0.4) is 0 Å². The van der Waals surface area contributed by atoms with Crippen LogP contribution in [0, 0.1) is 0 Å². The molecule has 3 atom stereocenters. The van der Waals surface area contributed by atoms with E-state index in [-0.39, 0.29) is 41.1 Å². The highest BCUT2D eigenvalue weighted by molar-refractivity contribution is 7.99. The van der Waals surface area contributed by atoms with Crippen LogP contribution in [0.25, 0.3) is 27.0 Å². The van der Waals surface area contributed by atoms with E-state index in [0.717, 1.165) is 17.4 Å². The van der Waals surface area contributed by atoms with Gasteiger partial charge in [-0.15, -0.1) is 28.2 Å². The third-order valence-corrected chi connectivity index (χ3v) is 10.3. The Balaban J connectivity index is 1.52. The monoisotopic (exact) mass is 647 g/mol. The maximum absolute atomic E-state index is 14.9. The van der Waals surface area contributed by atoms with Gasteiger partial charge in [0.05, 0.1) is 28.7 Å². The number of nitrogens with zero attached hydrogens (tertiary/aromatic N) is 6. The van der Waals surface area contributed by atoms with Gasteiger partial charge in [0.1, 0.15) is 5.82 Å². The van der Waals surface area contributed by atoms with Crippen molar-refractivity contribution in [3.8, 4) is 10.4 Å². The van der Waals surface area contributed by atoms with Crippen molar-refractivity contribution in [3.05, 3.63) is 73.5 Å². The molecule has 0 saturated carbocycles. The van der Waals surface area contributed by atoms with Crippen LogP contribution < -0.4 is 21.6 Å². The molecule has 0 spiro atoms. The lowest BCUT2D eigenvalue weighted by atomic mass is 10.0. The molecule has 0 radical (unpaired) electrons. The second-order valence-electron chi connectivity index (χ2n) is 11.0.